The predicted molar refractivity (Wildman–Crippen MR) is 69.5 cm³/mol. The molecule has 1 saturated heterocycles. The van der Waals surface area contributed by atoms with E-state index in [1.54, 1.807) is 36.2 Å². The van der Waals surface area contributed by atoms with E-state index in [0.717, 1.165) is 12.8 Å². The molecular formula is C14H18N2O3. The van der Waals surface area contributed by atoms with Gasteiger partial charge >= 0.3 is 5.97 Å². The summed E-state index contributed by atoms with van der Waals surface area (Å²) in [5.74, 6) is -0.531. The van der Waals surface area contributed by atoms with E-state index in [0.29, 0.717) is 25.4 Å². The smallest absolute Gasteiger partial charge is 0.310 e. The summed E-state index contributed by atoms with van der Waals surface area (Å²) in [7, 11) is 0. The van der Waals surface area contributed by atoms with E-state index < -0.39 is 0 Å². The van der Waals surface area contributed by atoms with Crippen molar-refractivity contribution < 1.29 is 14.3 Å². The first kappa shape index (κ1) is 13.5. The summed E-state index contributed by atoms with van der Waals surface area (Å²) in [4.78, 5) is 29.7. The molecule has 1 amide bonds. The lowest BCUT2D eigenvalue weighted by molar-refractivity contribution is -0.149. The lowest BCUT2D eigenvalue weighted by Gasteiger charge is -2.31. The SMILES string of the molecule is CCOC(=O)[C@H]1CCCN(C(=O)c2ccccn2)C1. The van der Waals surface area contributed by atoms with Crippen molar-refractivity contribution in [1.29, 1.82) is 0 Å². The average Bonchev–Trinajstić information content (AvgIpc) is 2.48. The zero-order valence-corrected chi connectivity index (χ0v) is 11.0. The maximum absolute atomic E-state index is 12.2. The van der Waals surface area contributed by atoms with Crippen molar-refractivity contribution >= 4 is 11.9 Å². The van der Waals surface area contributed by atoms with Crippen molar-refractivity contribution in [2.24, 2.45) is 5.92 Å². The fourth-order valence-corrected chi connectivity index (χ4v) is 2.27. The molecule has 1 aliphatic heterocycles. The topological polar surface area (TPSA) is 59.5 Å². The fraction of sp³-hybridized carbons (Fsp3) is 0.500. The molecule has 102 valence electrons. The van der Waals surface area contributed by atoms with E-state index >= 15 is 0 Å². The third-order valence-corrected chi connectivity index (χ3v) is 3.21. The Morgan fingerprint density at radius 3 is 3.00 bits per heavy atom. The minimum atomic E-state index is -0.207. The van der Waals surface area contributed by atoms with Gasteiger partial charge in [0.05, 0.1) is 12.5 Å². The van der Waals surface area contributed by atoms with E-state index in [2.05, 4.69) is 4.98 Å². The summed E-state index contributed by atoms with van der Waals surface area (Å²) < 4.78 is 5.02. The lowest BCUT2D eigenvalue weighted by Crippen LogP contribution is -2.43. The third-order valence-electron chi connectivity index (χ3n) is 3.21. The van der Waals surface area contributed by atoms with E-state index in [4.69, 9.17) is 4.74 Å². The number of hydrogen-bond donors (Lipinski definition) is 0. The van der Waals surface area contributed by atoms with Crippen molar-refractivity contribution in [1.82, 2.24) is 9.88 Å². The van der Waals surface area contributed by atoms with Gasteiger partial charge < -0.3 is 9.64 Å². The molecule has 1 atom stereocenters. The minimum Gasteiger partial charge on any atom is -0.466 e. The Labute approximate surface area is 112 Å². The number of aromatic nitrogens is 1. The van der Waals surface area contributed by atoms with Crippen LogP contribution < -0.4 is 0 Å². The summed E-state index contributed by atoms with van der Waals surface area (Å²) in [5.41, 5.74) is 0.423. The van der Waals surface area contributed by atoms with Gasteiger partial charge in [-0.15, -0.1) is 0 Å². The number of carbonyl (C=O) groups is 2. The normalized spacial score (nSPS) is 19.0. The maximum Gasteiger partial charge on any atom is 0.310 e. The number of likely N-dealkylation sites (tertiary alicyclic amines) is 1. The molecule has 0 unspecified atom stereocenters. The van der Waals surface area contributed by atoms with Crippen LogP contribution in [0, 0.1) is 5.92 Å². The largest absolute Gasteiger partial charge is 0.466 e. The Kier molecular flexibility index (Phi) is 4.49. The summed E-state index contributed by atoms with van der Waals surface area (Å²) in [6.45, 7) is 3.26. The van der Waals surface area contributed by atoms with Gasteiger partial charge in [0.1, 0.15) is 5.69 Å². The van der Waals surface area contributed by atoms with E-state index in [-0.39, 0.29) is 17.8 Å². The molecule has 0 saturated carbocycles. The molecule has 0 aromatic carbocycles. The number of pyridine rings is 1. The van der Waals surface area contributed by atoms with Gasteiger partial charge in [0, 0.05) is 19.3 Å². The van der Waals surface area contributed by atoms with E-state index in [1.807, 2.05) is 0 Å². The van der Waals surface area contributed by atoms with E-state index in [9.17, 15) is 9.59 Å². The van der Waals surface area contributed by atoms with Crippen LogP contribution in [0.15, 0.2) is 24.4 Å². The summed E-state index contributed by atoms with van der Waals surface area (Å²) in [5, 5.41) is 0. The number of ether oxygens (including phenoxy) is 1. The van der Waals surface area contributed by atoms with Gasteiger partial charge in [-0.1, -0.05) is 6.07 Å². The maximum atomic E-state index is 12.2. The molecule has 0 spiro atoms. The van der Waals surface area contributed by atoms with Gasteiger partial charge in [-0.05, 0) is 31.9 Å². The number of hydrogen-bond acceptors (Lipinski definition) is 4. The summed E-state index contributed by atoms with van der Waals surface area (Å²) in [6.07, 6.45) is 3.20. The Hall–Kier alpha value is -1.91. The van der Waals surface area contributed by atoms with Gasteiger partial charge in [-0.25, -0.2) is 0 Å². The van der Waals surface area contributed by atoms with Gasteiger partial charge in [0.2, 0.25) is 0 Å². The molecule has 1 aliphatic rings. The second-order valence-corrected chi connectivity index (χ2v) is 4.56. The molecular weight excluding hydrogens is 244 g/mol. The highest BCUT2D eigenvalue weighted by Crippen LogP contribution is 2.19. The van der Waals surface area contributed by atoms with Gasteiger partial charge in [-0.3, -0.25) is 14.6 Å². The van der Waals surface area contributed by atoms with Crippen molar-refractivity contribution in [2.75, 3.05) is 19.7 Å². The first-order valence-electron chi connectivity index (χ1n) is 6.59. The average molecular weight is 262 g/mol. The highest BCUT2D eigenvalue weighted by atomic mass is 16.5. The van der Waals surface area contributed by atoms with Crippen LogP contribution in [0.25, 0.3) is 0 Å². The first-order chi connectivity index (χ1) is 9.22. The molecule has 19 heavy (non-hydrogen) atoms. The Balaban J connectivity index is 2.01. The zero-order chi connectivity index (χ0) is 13.7. The van der Waals surface area contributed by atoms with Gasteiger partial charge in [0.25, 0.3) is 5.91 Å². The van der Waals surface area contributed by atoms with Crippen LogP contribution >= 0.6 is 0 Å². The first-order valence-corrected chi connectivity index (χ1v) is 6.59. The molecule has 5 heteroatoms. The van der Waals surface area contributed by atoms with Crippen molar-refractivity contribution in [3.8, 4) is 0 Å². The molecule has 2 rings (SSSR count). The monoisotopic (exact) mass is 262 g/mol. The molecule has 0 radical (unpaired) electrons. The lowest BCUT2D eigenvalue weighted by atomic mass is 9.98. The third kappa shape index (κ3) is 3.30. The summed E-state index contributed by atoms with van der Waals surface area (Å²) >= 11 is 0. The second kappa shape index (κ2) is 6.31. The molecule has 1 fully saturated rings. The summed E-state index contributed by atoms with van der Waals surface area (Å²) in [6, 6.07) is 5.25. The molecule has 5 nitrogen and oxygen atoms in total. The molecule has 0 aliphatic carbocycles. The molecule has 1 aromatic heterocycles. The van der Waals surface area contributed by atoms with Crippen LogP contribution in [0.1, 0.15) is 30.3 Å². The predicted octanol–water partition coefficient (Wildman–Crippen LogP) is 1.50. The number of rotatable bonds is 3. The minimum absolute atomic E-state index is 0.116. The van der Waals surface area contributed by atoms with Crippen LogP contribution in [0.2, 0.25) is 0 Å². The van der Waals surface area contributed by atoms with Crippen molar-refractivity contribution in [2.45, 2.75) is 19.8 Å². The van der Waals surface area contributed by atoms with Crippen molar-refractivity contribution in [3.63, 3.8) is 0 Å². The molecule has 2 heterocycles. The fourth-order valence-electron chi connectivity index (χ4n) is 2.27. The molecule has 0 N–H and O–H groups in total. The quantitative estimate of drug-likeness (QED) is 0.774. The van der Waals surface area contributed by atoms with E-state index in [1.165, 1.54) is 0 Å². The molecule has 0 bridgehead atoms. The number of piperidine rings is 1. The second-order valence-electron chi connectivity index (χ2n) is 4.56. The Bertz CT molecular complexity index is 447. The number of nitrogens with zero attached hydrogens (tertiary/aromatic N) is 2. The highest BCUT2D eigenvalue weighted by molar-refractivity contribution is 5.92. The standard InChI is InChI=1S/C14H18N2O3/c1-2-19-14(18)11-6-5-9-16(10-11)13(17)12-7-3-4-8-15-12/h3-4,7-8,11H,2,5-6,9-10H2,1H3/t11-/m0/s1. The molecule has 1 aromatic rings. The Morgan fingerprint density at radius 1 is 1.47 bits per heavy atom. The number of amides is 1. The number of esters is 1. The van der Waals surface area contributed by atoms with Crippen LogP contribution in [0.3, 0.4) is 0 Å². The van der Waals surface area contributed by atoms with Gasteiger partial charge in [0.15, 0.2) is 0 Å². The highest BCUT2D eigenvalue weighted by Gasteiger charge is 2.30. The van der Waals surface area contributed by atoms with Crippen LogP contribution in [-0.4, -0.2) is 41.5 Å². The van der Waals surface area contributed by atoms with Gasteiger partial charge in [-0.2, -0.15) is 0 Å². The Morgan fingerprint density at radius 2 is 2.32 bits per heavy atom. The zero-order valence-electron chi connectivity index (χ0n) is 11.0. The van der Waals surface area contributed by atoms with Crippen molar-refractivity contribution in [3.05, 3.63) is 30.1 Å². The number of carbonyl (C=O) groups excluding carboxylic acids is 2. The van der Waals surface area contributed by atoms with Crippen LogP contribution in [0.5, 0.6) is 0 Å². The van der Waals surface area contributed by atoms with Crippen LogP contribution in [0.4, 0.5) is 0 Å². The van der Waals surface area contributed by atoms with Crippen LogP contribution in [-0.2, 0) is 9.53 Å².